The van der Waals surface area contributed by atoms with Crippen LogP contribution in [0.3, 0.4) is 0 Å². The molecule has 0 unspecified atom stereocenters. The molecule has 1 aliphatic rings. The van der Waals surface area contributed by atoms with Crippen molar-refractivity contribution < 1.29 is 22.7 Å². The molecule has 140 valence electrons. The average molecular weight is 436 g/mol. The first-order valence-electron chi connectivity index (χ1n) is 7.67. The largest absolute Gasteiger partial charge is 0.457 e. The summed E-state index contributed by atoms with van der Waals surface area (Å²) >= 11 is 12.8. The Bertz CT molecular complexity index is 907. The van der Waals surface area contributed by atoms with Gasteiger partial charge in [0.15, 0.2) is 0 Å². The van der Waals surface area contributed by atoms with E-state index in [9.17, 15) is 13.2 Å². The number of esters is 1. The molecule has 1 fully saturated rings. The zero-order valence-electron chi connectivity index (χ0n) is 13.5. The first-order valence-corrected chi connectivity index (χ1v) is 10.7. The van der Waals surface area contributed by atoms with Crippen molar-refractivity contribution in [1.29, 1.82) is 0 Å². The van der Waals surface area contributed by atoms with Crippen molar-refractivity contribution >= 4 is 50.5 Å². The van der Waals surface area contributed by atoms with Crippen LogP contribution < -0.4 is 0 Å². The molecule has 0 aliphatic carbocycles. The predicted molar refractivity (Wildman–Crippen MR) is 99.5 cm³/mol. The minimum atomic E-state index is -3.60. The lowest BCUT2D eigenvalue weighted by atomic mass is 10.2. The molecule has 0 atom stereocenters. The van der Waals surface area contributed by atoms with Crippen LogP contribution in [0.4, 0.5) is 0 Å². The highest BCUT2D eigenvalue weighted by Gasteiger charge is 2.26. The number of rotatable bonds is 5. The van der Waals surface area contributed by atoms with Gasteiger partial charge in [-0.15, -0.1) is 11.3 Å². The fourth-order valence-corrected chi connectivity index (χ4v) is 5.36. The third kappa shape index (κ3) is 4.39. The van der Waals surface area contributed by atoms with E-state index in [4.69, 9.17) is 32.7 Å². The summed E-state index contributed by atoms with van der Waals surface area (Å²) in [6.07, 6.45) is 0. The number of halogens is 2. The molecule has 0 bridgehead atoms. The van der Waals surface area contributed by atoms with Crippen LogP contribution >= 0.6 is 34.5 Å². The quantitative estimate of drug-likeness (QED) is 0.672. The Hall–Kier alpha value is -1.16. The normalized spacial score (nSPS) is 15.8. The molecule has 1 aromatic carbocycles. The van der Waals surface area contributed by atoms with E-state index >= 15 is 0 Å². The molecule has 0 amide bonds. The van der Waals surface area contributed by atoms with E-state index in [2.05, 4.69) is 0 Å². The molecule has 1 saturated heterocycles. The molecule has 0 spiro atoms. The Balaban J connectivity index is 1.71. The van der Waals surface area contributed by atoms with Gasteiger partial charge in [-0.3, -0.25) is 0 Å². The monoisotopic (exact) mass is 435 g/mol. The summed E-state index contributed by atoms with van der Waals surface area (Å²) in [5, 5.41) is 0. The topological polar surface area (TPSA) is 72.9 Å². The molecule has 0 radical (unpaired) electrons. The third-order valence-electron chi connectivity index (χ3n) is 3.75. The number of nitrogens with zero attached hydrogens (tertiary/aromatic N) is 1. The van der Waals surface area contributed by atoms with Crippen LogP contribution in [0.5, 0.6) is 0 Å². The van der Waals surface area contributed by atoms with E-state index in [1.807, 2.05) is 0 Å². The lowest BCUT2D eigenvalue weighted by Gasteiger charge is -2.26. The number of ether oxygens (including phenoxy) is 2. The summed E-state index contributed by atoms with van der Waals surface area (Å²) in [6, 6.07) is 7.76. The lowest BCUT2D eigenvalue weighted by Crippen LogP contribution is -2.40. The highest BCUT2D eigenvalue weighted by molar-refractivity contribution is 7.89. The minimum absolute atomic E-state index is 0.0743. The lowest BCUT2D eigenvalue weighted by molar-refractivity contribution is 0.0473. The standard InChI is InChI=1S/C16H15Cl2NO5S2/c17-14-9-13(15(18)25-14)16(20)24-10-11-2-1-3-12(8-11)26(21,22)19-4-6-23-7-5-19/h1-3,8-9H,4-7,10H2. The van der Waals surface area contributed by atoms with Gasteiger partial charge in [0.2, 0.25) is 10.0 Å². The summed E-state index contributed by atoms with van der Waals surface area (Å²) in [7, 11) is -3.60. The van der Waals surface area contributed by atoms with Gasteiger partial charge in [-0.05, 0) is 23.8 Å². The van der Waals surface area contributed by atoms with E-state index in [1.54, 1.807) is 12.1 Å². The van der Waals surface area contributed by atoms with E-state index in [0.717, 1.165) is 11.3 Å². The molecule has 6 nitrogen and oxygen atoms in total. The van der Waals surface area contributed by atoms with Crippen LogP contribution in [0.2, 0.25) is 8.67 Å². The van der Waals surface area contributed by atoms with Crippen LogP contribution in [0, 0.1) is 0 Å². The third-order valence-corrected chi connectivity index (χ3v) is 7.14. The second kappa shape index (κ2) is 8.24. The number of hydrogen-bond acceptors (Lipinski definition) is 6. The van der Waals surface area contributed by atoms with Crippen molar-refractivity contribution in [2.45, 2.75) is 11.5 Å². The number of morpholine rings is 1. The van der Waals surface area contributed by atoms with E-state index in [1.165, 1.54) is 22.5 Å². The van der Waals surface area contributed by atoms with Crippen LogP contribution in [0.1, 0.15) is 15.9 Å². The summed E-state index contributed by atoms with van der Waals surface area (Å²) in [5.74, 6) is -0.611. The number of thiophene rings is 1. The van der Waals surface area contributed by atoms with E-state index in [-0.39, 0.29) is 21.4 Å². The van der Waals surface area contributed by atoms with Gasteiger partial charge in [-0.1, -0.05) is 35.3 Å². The molecular weight excluding hydrogens is 421 g/mol. The van der Waals surface area contributed by atoms with Crippen LogP contribution in [-0.2, 0) is 26.1 Å². The Labute approximate surface area is 165 Å². The van der Waals surface area contributed by atoms with Crippen molar-refractivity contribution in [2.24, 2.45) is 0 Å². The number of sulfonamides is 1. The van der Waals surface area contributed by atoms with Crippen LogP contribution in [-0.4, -0.2) is 45.0 Å². The van der Waals surface area contributed by atoms with Crippen molar-refractivity contribution in [3.8, 4) is 0 Å². The first-order chi connectivity index (χ1) is 12.4. The average Bonchev–Trinajstić information content (AvgIpc) is 2.99. The smallest absolute Gasteiger partial charge is 0.340 e. The van der Waals surface area contributed by atoms with E-state index < -0.39 is 16.0 Å². The SMILES string of the molecule is O=C(OCc1cccc(S(=O)(=O)N2CCOCC2)c1)c1cc(Cl)sc1Cl. The predicted octanol–water partition coefficient (Wildman–Crippen LogP) is 3.43. The van der Waals surface area contributed by atoms with Gasteiger partial charge in [0.1, 0.15) is 10.9 Å². The van der Waals surface area contributed by atoms with Gasteiger partial charge >= 0.3 is 5.97 Å². The molecule has 2 heterocycles. The van der Waals surface area contributed by atoms with Crippen LogP contribution in [0.15, 0.2) is 35.2 Å². The molecule has 10 heteroatoms. The van der Waals surface area contributed by atoms with Crippen molar-refractivity contribution in [3.05, 3.63) is 50.1 Å². The van der Waals surface area contributed by atoms with Gasteiger partial charge in [-0.25, -0.2) is 13.2 Å². The van der Waals surface area contributed by atoms with Gasteiger partial charge < -0.3 is 9.47 Å². The Kier molecular flexibility index (Phi) is 6.21. The van der Waals surface area contributed by atoms with Gasteiger partial charge in [-0.2, -0.15) is 4.31 Å². The molecule has 1 aromatic heterocycles. The summed E-state index contributed by atoms with van der Waals surface area (Å²) in [4.78, 5) is 12.2. The number of carbonyl (C=O) groups is 1. The number of hydrogen-bond donors (Lipinski definition) is 0. The van der Waals surface area contributed by atoms with Gasteiger partial charge in [0.25, 0.3) is 0 Å². The second-order valence-corrected chi connectivity index (χ2v) is 9.70. The molecule has 0 saturated carbocycles. The highest BCUT2D eigenvalue weighted by Crippen LogP contribution is 2.31. The fourth-order valence-electron chi connectivity index (χ4n) is 2.44. The molecule has 0 N–H and O–H groups in total. The maximum absolute atomic E-state index is 12.7. The molecular formula is C16H15Cl2NO5S2. The number of carbonyl (C=O) groups excluding carboxylic acids is 1. The second-order valence-electron chi connectivity index (χ2n) is 5.48. The fraction of sp³-hybridized carbons (Fsp3) is 0.312. The van der Waals surface area contributed by atoms with Crippen molar-refractivity contribution in [2.75, 3.05) is 26.3 Å². The maximum atomic E-state index is 12.7. The summed E-state index contributed by atoms with van der Waals surface area (Å²) in [6.45, 7) is 1.31. The Morgan fingerprint density at radius 2 is 1.96 bits per heavy atom. The van der Waals surface area contributed by atoms with Crippen LogP contribution in [0.25, 0.3) is 0 Å². The zero-order valence-corrected chi connectivity index (χ0v) is 16.6. The first kappa shape index (κ1) is 19.6. The number of benzene rings is 1. The Morgan fingerprint density at radius 1 is 1.23 bits per heavy atom. The van der Waals surface area contributed by atoms with E-state index in [0.29, 0.717) is 36.2 Å². The van der Waals surface area contributed by atoms with Crippen molar-refractivity contribution in [1.82, 2.24) is 4.31 Å². The summed E-state index contributed by atoms with van der Waals surface area (Å²) in [5.41, 5.74) is 0.754. The molecule has 1 aliphatic heterocycles. The molecule has 3 rings (SSSR count). The maximum Gasteiger partial charge on any atom is 0.340 e. The van der Waals surface area contributed by atoms with Gasteiger partial charge in [0, 0.05) is 13.1 Å². The molecule has 26 heavy (non-hydrogen) atoms. The Morgan fingerprint density at radius 3 is 2.62 bits per heavy atom. The van der Waals surface area contributed by atoms with Gasteiger partial charge in [0.05, 0.1) is 28.0 Å². The molecule has 2 aromatic rings. The highest BCUT2D eigenvalue weighted by atomic mass is 35.5. The van der Waals surface area contributed by atoms with Crippen molar-refractivity contribution in [3.63, 3.8) is 0 Å². The zero-order chi connectivity index (χ0) is 18.7. The summed E-state index contributed by atoms with van der Waals surface area (Å²) < 4.78 is 37.8. The minimum Gasteiger partial charge on any atom is -0.457 e.